The van der Waals surface area contributed by atoms with Crippen molar-refractivity contribution in [2.24, 2.45) is 5.14 Å². The maximum atomic E-state index is 11.6. The van der Waals surface area contributed by atoms with Crippen molar-refractivity contribution in [1.82, 2.24) is 0 Å². The fourth-order valence-electron chi connectivity index (χ4n) is 2.72. The summed E-state index contributed by atoms with van der Waals surface area (Å²) in [7, 11) is -3.79. The molecule has 0 aromatic heterocycles. The number of sulfonamides is 1. The zero-order chi connectivity index (χ0) is 16.7. The van der Waals surface area contributed by atoms with E-state index in [9.17, 15) is 13.2 Å². The van der Waals surface area contributed by atoms with Crippen LogP contribution >= 0.6 is 11.6 Å². The zero-order valence-electron chi connectivity index (χ0n) is 12.5. The van der Waals surface area contributed by atoms with E-state index in [1.54, 1.807) is 32.0 Å². The first-order valence-electron chi connectivity index (χ1n) is 6.66. The average molecular weight is 348 g/mol. The highest BCUT2D eigenvalue weighted by Gasteiger charge is 2.47. The molecule has 0 aliphatic carbocycles. The Morgan fingerprint density at radius 3 is 2.64 bits per heavy atom. The number of fused-ring (bicyclic) bond motifs is 1. The summed E-state index contributed by atoms with van der Waals surface area (Å²) in [6, 6.07) is 4.93. The third-order valence-corrected chi connectivity index (χ3v) is 4.56. The second-order valence-electron chi connectivity index (χ2n) is 5.85. The highest BCUT2D eigenvalue weighted by Crippen LogP contribution is 2.44. The number of benzene rings is 1. The average Bonchev–Trinajstić information content (AvgIpc) is 2.32. The Balaban J connectivity index is 2.57. The van der Waals surface area contributed by atoms with Crippen molar-refractivity contribution in [3.8, 4) is 5.75 Å². The van der Waals surface area contributed by atoms with Crippen LogP contribution in [0, 0.1) is 0 Å². The van der Waals surface area contributed by atoms with Gasteiger partial charge in [-0.15, -0.1) is 0 Å². The zero-order valence-corrected chi connectivity index (χ0v) is 14.1. The van der Waals surface area contributed by atoms with Crippen molar-refractivity contribution in [2.75, 3.05) is 5.75 Å². The molecule has 0 saturated heterocycles. The monoisotopic (exact) mass is 347 g/mol. The molecule has 2 rings (SSSR count). The van der Waals surface area contributed by atoms with Crippen LogP contribution in [0.4, 0.5) is 0 Å². The normalized spacial score (nSPS) is 23.3. The quantitative estimate of drug-likeness (QED) is 0.841. The molecule has 6 nitrogen and oxygen atoms in total. The standard InChI is InChI=1S/C14H18ClNO5S/c1-8(17)20-13-11(7-22(16,18)19)10-6-9(15)4-5-12(10)21-14(13,2)3/h4-6,11,13H,7H2,1-3H3,(H2,16,18,19). The van der Waals surface area contributed by atoms with Gasteiger partial charge in [-0.1, -0.05) is 11.6 Å². The van der Waals surface area contributed by atoms with Gasteiger partial charge in [0.15, 0.2) is 0 Å². The van der Waals surface area contributed by atoms with Gasteiger partial charge in [-0.05, 0) is 32.0 Å². The molecule has 1 aliphatic rings. The Labute approximate surface area is 134 Å². The fraction of sp³-hybridized carbons (Fsp3) is 0.500. The molecule has 22 heavy (non-hydrogen) atoms. The molecule has 2 N–H and O–H groups in total. The van der Waals surface area contributed by atoms with Crippen LogP contribution in [0.15, 0.2) is 18.2 Å². The number of nitrogens with two attached hydrogens (primary N) is 1. The summed E-state index contributed by atoms with van der Waals surface area (Å²) in [5, 5.41) is 5.63. The van der Waals surface area contributed by atoms with E-state index in [1.165, 1.54) is 6.92 Å². The molecule has 8 heteroatoms. The van der Waals surface area contributed by atoms with Gasteiger partial charge in [0.1, 0.15) is 17.5 Å². The Morgan fingerprint density at radius 1 is 1.45 bits per heavy atom. The third-order valence-electron chi connectivity index (χ3n) is 3.50. The minimum absolute atomic E-state index is 0.370. The number of ether oxygens (including phenoxy) is 2. The van der Waals surface area contributed by atoms with Gasteiger partial charge in [-0.2, -0.15) is 0 Å². The van der Waals surface area contributed by atoms with E-state index in [4.69, 9.17) is 26.2 Å². The second-order valence-corrected chi connectivity index (χ2v) is 7.95. The van der Waals surface area contributed by atoms with Crippen LogP contribution in [0.3, 0.4) is 0 Å². The summed E-state index contributed by atoms with van der Waals surface area (Å²) in [5.74, 6) is -1.04. The lowest BCUT2D eigenvalue weighted by atomic mass is 9.82. The highest BCUT2D eigenvalue weighted by molar-refractivity contribution is 7.89. The molecule has 0 bridgehead atoms. The minimum atomic E-state index is -3.79. The second kappa shape index (κ2) is 5.72. The Kier molecular flexibility index (Phi) is 4.43. The largest absolute Gasteiger partial charge is 0.484 e. The van der Waals surface area contributed by atoms with Crippen LogP contribution in [-0.4, -0.2) is 31.8 Å². The van der Waals surface area contributed by atoms with Crippen LogP contribution in [0.25, 0.3) is 0 Å². The van der Waals surface area contributed by atoms with E-state index in [0.717, 1.165) is 0 Å². The predicted octanol–water partition coefficient (Wildman–Crippen LogP) is 1.81. The highest BCUT2D eigenvalue weighted by atomic mass is 35.5. The number of hydrogen-bond donors (Lipinski definition) is 1. The van der Waals surface area contributed by atoms with E-state index in [-0.39, 0.29) is 5.75 Å². The molecule has 0 fully saturated rings. The molecule has 122 valence electrons. The van der Waals surface area contributed by atoms with Gasteiger partial charge < -0.3 is 9.47 Å². The lowest BCUT2D eigenvalue weighted by molar-refractivity contribution is -0.161. The van der Waals surface area contributed by atoms with Crippen molar-refractivity contribution in [1.29, 1.82) is 0 Å². The van der Waals surface area contributed by atoms with Gasteiger partial charge in [0.05, 0.1) is 5.75 Å². The summed E-state index contributed by atoms with van der Waals surface area (Å²) in [6.07, 6.45) is -0.797. The first-order valence-corrected chi connectivity index (χ1v) is 8.75. The van der Waals surface area contributed by atoms with Gasteiger partial charge >= 0.3 is 5.97 Å². The molecule has 0 amide bonds. The lowest BCUT2D eigenvalue weighted by Crippen LogP contribution is -2.52. The fourth-order valence-corrected chi connectivity index (χ4v) is 3.76. The van der Waals surface area contributed by atoms with Crippen LogP contribution in [0.5, 0.6) is 5.75 Å². The molecule has 1 heterocycles. The number of esters is 1. The predicted molar refractivity (Wildman–Crippen MR) is 82.4 cm³/mol. The summed E-state index contributed by atoms with van der Waals surface area (Å²) in [4.78, 5) is 11.4. The van der Waals surface area contributed by atoms with Crippen LogP contribution in [0.1, 0.15) is 32.3 Å². The van der Waals surface area contributed by atoms with Crippen molar-refractivity contribution < 1.29 is 22.7 Å². The van der Waals surface area contributed by atoms with Crippen LogP contribution < -0.4 is 9.88 Å². The van der Waals surface area contributed by atoms with Crippen molar-refractivity contribution >= 4 is 27.6 Å². The van der Waals surface area contributed by atoms with E-state index < -0.39 is 33.6 Å². The SMILES string of the molecule is CC(=O)OC1C(CS(N)(=O)=O)c2cc(Cl)ccc2OC1(C)C. The molecular weight excluding hydrogens is 330 g/mol. The van der Waals surface area contributed by atoms with Gasteiger partial charge in [0.25, 0.3) is 0 Å². The number of primary sulfonamides is 1. The first kappa shape index (κ1) is 17.1. The van der Waals surface area contributed by atoms with E-state index in [1.807, 2.05) is 0 Å². The third kappa shape index (κ3) is 3.71. The van der Waals surface area contributed by atoms with E-state index in [0.29, 0.717) is 16.3 Å². The minimum Gasteiger partial charge on any atom is -0.484 e. The van der Waals surface area contributed by atoms with Crippen molar-refractivity contribution in [3.63, 3.8) is 0 Å². The number of halogens is 1. The lowest BCUT2D eigenvalue weighted by Gasteiger charge is -2.43. The number of rotatable bonds is 3. The maximum absolute atomic E-state index is 11.6. The number of carbonyl (C=O) groups is 1. The van der Waals surface area contributed by atoms with Gasteiger partial charge in [-0.25, -0.2) is 13.6 Å². The Morgan fingerprint density at radius 2 is 2.09 bits per heavy atom. The molecule has 1 aromatic rings. The summed E-state index contributed by atoms with van der Waals surface area (Å²) < 4.78 is 34.4. The number of hydrogen-bond acceptors (Lipinski definition) is 5. The Hall–Kier alpha value is -1.31. The molecular formula is C14H18ClNO5S. The van der Waals surface area contributed by atoms with Gasteiger partial charge in [0, 0.05) is 23.4 Å². The van der Waals surface area contributed by atoms with Crippen molar-refractivity contribution in [2.45, 2.75) is 38.4 Å². The molecule has 0 radical (unpaired) electrons. The van der Waals surface area contributed by atoms with Gasteiger partial charge in [-0.3, -0.25) is 4.79 Å². The van der Waals surface area contributed by atoms with Crippen molar-refractivity contribution in [3.05, 3.63) is 28.8 Å². The molecule has 2 atom stereocenters. The first-order chi connectivity index (χ1) is 9.99. The van der Waals surface area contributed by atoms with Gasteiger partial charge in [0.2, 0.25) is 10.0 Å². The smallest absolute Gasteiger partial charge is 0.303 e. The Bertz CT molecular complexity index is 701. The van der Waals surface area contributed by atoms with E-state index >= 15 is 0 Å². The summed E-state index contributed by atoms with van der Waals surface area (Å²) >= 11 is 5.99. The molecule has 0 spiro atoms. The number of carbonyl (C=O) groups excluding carboxylic acids is 1. The molecule has 1 aliphatic heterocycles. The summed E-state index contributed by atoms with van der Waals surface area (Å²) in [6.45, 7) is 4.72. The molecule has 0 saturated carbocycles. The molecule has 1 aromatic carbocycles. The maximum Gasteiger partial charge on any atom is 0.303 e. The van der Waals surface area contributed by atoms with Crippen LogP contribution in [-0.2, 0) is 19.6 Å². The van der Waals surface area contributed by atoms with E-state index in [2.05, 4.69) is 0 Å². The summed E-state index contributed by atoms with van der Waals surface area (Å²) in [5.41, 5.74) is -0.339. The molecule has 2 unspecified atom stereocenters. The van der Waals surface area contributed by atoms with Crippen LogP contribution in [0.2, 0.25) is 5.02 Å². The topological polar surface area (TPSA) is 95.7 Å².